The van der Waals surface area contributed by atoms with E-state index in [0.29, 0.717) is 45.7 Å². The molecule has 1 unspecified atom stereocenters. The van der Waals surface area contributed by atoms with E-state index in [9.17, 15) is 19.2 Å². The Hall–Kier alpha value is -6.04. The normalized spacial score (nSPS) is 17.9. The number of amides is 4. The number of benzene rings is 3. The highest BCUT2D eigenvalue weighted by Crippen LogP contribution is 2.28. The van der Waals surface area contributed by atoms with Gasteiger partial charge in [-0.05, 0) is 98.0 Å². The number of hydrogen-bond acceptors (Lipinski definition) is 11. The fourth-order valence-corrected chi connectivity index (χ4v) is 7.21. The molecule has 55 heavy (non-hydrogen) atoms. The molecule has 4 aromatic rings. The zero-order valence-electron chi connectivity index (χ0n) is 30.0. The summed E-state index contributed by atoms with van der Waals surface area (Å²) in [5.41, 5.74) is 2.70. The standard InChI is InChI=1S/C40H40ClN9O5/c41-33-23-32(8-3-28(33)24-42)55-31-9-4-29(5-10-31)43-40(54)35-11-13-36(47-46-35)50-17-15-26(16-18-50)25-48-19-21-49(22-20-48)30-6-1-27(2-7-30)38(52)44-34-12-14-37(51)45-39(34)53/h1-11,13,23,26,34H,12,14-22,25H2,(H,43,54)(H,44,52)(H,45,51,53). The van der Waals surface area contributed by atoms with Crippen LogP contribution < -0.4 is 30.5 Å². The molecule has 4 heterocycles. The fraction of sp³-hybridized carbons (Fsp3) is 0.325. The Morgan fingerprint density at radius 3 is 2.22 bits per heavy atom. The van der Waals surface area contributed by atoms with Crippen molar-refractivity contribution in [3.63, 3.8) is 0 Å². The lowest BCUT2D eigenvalue weighted by atomic mass is 9.96. The van der Waals surface area contributed by atoms with E-state index in [4.69, 9.17) is 21.6 Å². The number of piperazine rings is 1. The Morgan fingerprint density at radius 1 is 0.836 bits per heavy atom. The first-order chi connectivity index (χ1) is 26.7. The number of hydrogen-bond donors (Lipinski definition) is 3. The number of nitrogens with one attached hydrogen (secondary N) is 3. The minimum atomic E-state index is -0.699. The van der Waals surface area contributed by atoms with Gasteiger partial charge in [-0.2, -0.15) is 5.26 Å². The molecule has 3 aromatic carbocycles. The Bertz CT molecular complexity index is 2070. The lowest BCUT2D eigenvalue weighted by Gasteiger charge is -2.39. The van der Waals surface area contributed by atoms with Crippen molar-refractivity contribution < 1.29 is 23.9 Å². The minimum absolute atomic E-state index is 0.214. The van der Waals surface area contributed by atoms with Crippen molar-refractivity contribution in [3.05, 3.63) is 101 Å². The maximum atomic E-state index is 12.9. The molecule has 3 saturated heterocycles. The van der Waals surface area contributed by atoms with Crippen LogP contribution in [0.3, 0.4) is 0 Å². The van der Waals surface area contributed by atoms with Crippen LogP contribution in [0.4, 0.5) is 17.2 Å². The topological polar surface area (TPSA) is 173 Å². The van der Waals surface area contributed by atoms with E-state index in [1.807, 2.05) is 24.3 Å². The molecule has 0 radical (unpaired) electrons. The third kappa shape index (κ3) is 9.37. The largest absolute Gasteiger partial charge is 0.457 e. The van der Waals surface area contributed by atoms with E-state index in [1.54, 1.807) is 60.7 Å². The molecule has 0 aliphatic carbocycles. The second-order valence-corrected chi connectivity index (χ2v) is 14.3. The average Bonchev–Trinajstić information content (AvgIpc) is 3.20. The molecule has 0 saturated carbocycles. The smallest absolute Gasteiger partial charge is 0.276 e. The number of carbonyl (C=O) groups is 4. The van der Waals surface area contributed by atoms with Gasteiger partial charge in [0.25, 0.3) is 11.8 Å². The van der Waals surface area contributed by atoms with Crippen LogP contribution >= 0.6 is 11.6 Å². The van der Waals surface area contributed by atoms with Gasteiger partial charge in [0.05, 0.1) is 10.6 Å². The van der Waals surface area contributed by atoms with Crippen LogP contribution in [0.25, 0.3) is 0 Å². The molecule has 3 fully saturated rings. The lowest BCUT2D eigenvalue weighted by Crippen LogP contribution is -2.52. The molecule has 0 bridgehead atoms. The van der Waals surface area contributed by atoms with Crippen LogP contribution in [0.5, 0.6) is 11.5 Å². The molecule has 282 valence electrons. The molecule has 1 aromatic heterocycles. The van der Waals surface area contributed by atoms with Gasteiger partial charge in [-0.1, -0.05) is 11.6 Å². The quantitative estimate of drug-likeness (QED) is 0.193. The summed E-state index contributed by atoms with van der Waals surface area (Å²) in [6, 6.07) is 24.0. The van der Waals surface area contributed by atoms with Gasteiger partial charge in [0.2, 0.25) is 11.8 Å². The molecule has 15 heteroatoms. The number of piperidine rings is 2. The van der Waals surface area contributed by atoms with Gasteiger partial charge in [-0.3, -0.25) is 29.4 Å². The van der Waals surface area contributed by atoms with Gasteiger partial charge < -0.3 is 25.2 Å². The number of nitrogens with zero attached hydrogens (tertiary/aromatic N) is 6. The molecule has 14 nitrogen and oxygen atoms in total. The number of halogens is 1. The number of carbonyl (C=O) groups excluding carboxylic acids is 4. The monoisotopic (exact) mass is 761 g/mol. The van der Waals surface area contributed by atoms with Gasteiger partial charge in [0.1, 0.15) is 23.6 Å². The molecule has 4 amide bonds. The van der Waals surface area contributed by atoms with Crippen molar-refractivity contribution in [2.75, 3.05) is 60.9 Å². The molecule has 1 atom stereocenters. The summed E-state index contributed by atoms with van der Waals surface area (Å²) < 4.78 is 5.81. The molecule has 7 rings (SSSR count). The van der Waals surface area contributed by atoms with Crippen molar-refractivity contribution in [1.82, 2.24) is 25.7 Å². The lowest BCUT2D eigenvalue weighted by molar-refractivity contribution is -0.134. The average molecular weight is 762 g/mol. The van der Waals surface area contributed by atoms with Gasteiger partial charge in [-0.25, -0.2) is 0 Å². The molecular weight excluding hydrogens is 722 g/mol. The van der Waals surface area contributed by atoms with Gasteiger partial charge in [0, 0.05) is 75.2 Å². The maximum absolute atomic E-state index is 12.9. The van der Waals surface area contributed by atoms with Crippen LogP contribution in [0.2, 0.25) is 5.02 Å². The van der Waals surface area contributed by atoms with E-state index in [-0.39, 0.29) is 29.8 Å². The number of anilines is 3. The van der Waals surface area contributed by atoms with E-state index < -0.39 is 11.9 Å². The third-order valence-corrected chi connectivity index (χ3v) is 10.5. The number of aromatic nitrogens is 2. The highest BCUT2D eigenvalue weighted by Gasteiger charge is 2.29. The number of imide groups is 1. The first-order valence-corrected chi connectivity index (χ1v) is 18.7. The molecular formula is C40H40ClN9O5. The van der Waals surface area contributed by atoms with Crippen LogP contribution in [0, 0.1) is 17.2 Å². The molecule has 3 aliphatic rings. The zero-order chi connectivity index (χ0) is 38.3. The van der Waals surface area contributed by atoms with E-state index in [1.165, 1.54) is 0 Å². The van der Waals surface area contributed by atoms with Crippen molar-refractivity contribution in [2.45, 2.75) is 31.7 Å². The summed E-state index contributed by atoms with van der Waals surface area (Å²) >= 11 is 6.09. The number of ether oxygens (including phenoxy) is 1. The maximum Gasteiger partial charge on any atom is 0.276 e. The Morgan fingerprint density at radius 2 is 1.56 bits per heavy atom. The predicted octanol–water partition coefficient (Wildman–Crippen LogP) is 4.62. The van der Waals surface area contributed by atoms with E-state index >= 15 is 0 Å². The Kier molecular flexibility index (Phi) is 11.5. The number of rotatable bonds is 10. The molecule has 3 aliphatic heterocycles. The van der Waals surface area contributed by atoms with Crippen molar-refractivity contribution in [1.29, 1.82) is 5.26 Å². The highest BCUT2D eigenvalue weighted by atomic mass is 35.5. The van der Waals surface area contributed by atoms with E-state index in [0.717, 1.165) is 70.2 Å². The SMILES string of the molecule is N#Cc1ccc(Oc2ccc(NC(=O)c3ccc(N4CCC(CN5CCN(c6ccc(C(=O)NC7CCC(=O)NC7=O)cc6)CC5)CC4)nn3)cc2)cc1Cl. The summed E-state index contributed by atoms with van der Waals surface area (Å²) in [5, 5.41) is 25.8. The van der Waals surface area contributed by atoms with Crippen LogP contribution in [-0.2, 0) is 9.59 Å². The summed E-state index contributed by atoms with van der Waals surface area (Å²) in [4.78, 5) is 56.0. The van der Waals surface area contributed by atoms with Crippen molar-refractivity contribution >= 4 is 52.4 Å². The Labute approximate surface area is 323 Å². The fourth-order valence-electron chi connectivity index (χ4n) is 7.00. The van der Waals surface area contributed by atoms with Gasteiger partial charge in [-0.15, -0.1) is 10.2 Å². The van der Waals surface area contributed by atoms with Crippen LogP contribution in [0.15, 0.2) is 78.9 Å². The van der Waals surface area contributed by atoms with Crippen molar-refractivity contribution in [2.24, 2.45) is 5.92 Å². The summed E-state index contributed by atoms with van der Waals surface area (Å²) in [7, 11) is 0. The van der Waals surface area contributed by atoms with E-state index in [2.05, 4.69) is 40.8 Å². The van der Waals surface area contributed by atoms with Gasteiger partial charge in [0.15, 0.2) is 11.5 Å². The molecule has 0 spiro atoms. The second kappa shape index (κ2) is 17.0. The minimum Gasteiger partial charge on any atom is -0.457 e. The van der Waals surface area contributed by atoms with Crippen molar-refractivity contribution in [3.8, 4) is 17.6 Å². The third-order valence-electron chi connectivity index (χ3n) is 10.2. The first kappa shape index (κ1) is 37.3. The highest BCUT2D eigenvalue weighted by molar-refractivity contribution is 6.31. The predicted molar refractivity (Wildman–Crippen MR) is 206 cm³/mol. The van der Waals surface area contributed by atoms with Crippen LogP contribution in [0.1, 0.15) is 52.1 Å². The molecule has 3 N–H and O–H groups in total. The second-order valence-electron chi connectivity index (χ2n) is 13.9. The van der Waals surface area contributed by atoms with Crippen LogP contribution in [-0.4, -0.2) is 90.6 Å². The Balaban J connectivity index is 0.814. The summed E-state index contributed by atoms with van der Waals surface area (Å²) in [6.45, 7) is 6.49. The zero-order valence-corrected chi connectivity index (χ0v) is 30.8. The first-order valence-electron chi connectivity index (χ1n) is 18.3. The summed E-state index contributed by atoms with van der Waals surface area (Å²) in [6.07, 6.45) is 2.61. The summed E-state index contributed by atoms with van der Waals surface area (Å²) in [5.74, 6) is 0.919. The van der Waals surface area contributed by atoms with Gasteiger partial charge >= 0.3 is 0 Å². The number of nitriles is 1.